The van der Waals surface area contributed by atoms with Gasteiger partial charge in [0.15, 0.2) is 0 Å². The molecule has 0 bridgehead atoms. The maximum Gasteiger partial charge on any atom is 0.389 e. The van der Waals surface area contributed by atoms with Gasteiger partial charge < -0.3 is 15.4 Å². The molecule has 0 aliphatic rings. The fourth-order valence-electron chi connectivity index (χ4n) is 1.42. The van der Waals surface area contributed by atoms with Crippen molar-refractivity contribution in [3.8, 4) is 0 Å². The predicted octanol–water partition coefficient (Wildman–Crippen LogP) is 1.93. The summed E-state index contributed by atoms with van der Waals surface area (Å²) in [4.78, 5) is 14.2. The summed E-state index contributed by atoms with van der Waals surface area (Å²) in [5, 5.41) is 17.7. The van der Waals surface area contributed by atoms with Crippen LogP contribution in [0.15, 0.2) is 24.4 Å². The minimum absolute atomic E-state index is 0.198. The normalized spacial score (nSPS) is 10.3. The smallest absolute Gasteiger partial charge is 0.373 e. The van der Waals surface area contributed by atoms with Crippen molar-refractivity contribution in [2.75, 3.05) is 12.4 Å². The van der Waals surface area contributed by atoms with Crippen LogP contribution in [0, 0.1) is 10.1 Å². The molecule has 1 N–H and O–H groups in total. The van der Waals surface area contributed by atoms with Gasteiger partial charge in [0.1, 0.15) is 12.4 Å². The number of rotatable bonds is 4. The Kier molecular flexibility index (Phi) is 3.42. The standard InChI is InChI=1S/C10H10ClN5O2/c1-12-9-3-2-7(11)8(13-9)6-15-5-4-10(14-15)16(17)18/h2-5H,6H2,1H3,(H,12,13). The number of nitrogens with one attached hydrogen (secondary N) is 1. The van der Waals surface area contributed by atoms with Gasteiger partial charge in [0, 0.05) is 7.05 Å². The largest absolute Gasteiger partial charge is 0.389 e. The van der Waals surface area contributed by atoms with E-state index in [1.807, 2.05) is 0 Å². The third-order valence-corrected chi connectivity index (χ3v) is 2.64. The Labute approximate surface area is 108 Å². The summed E-state index contributed by atoms with van der Waals surface area (Å²) in [5.41, 5.74) is 0.599. The van der Waals surface area contributed by atoms with Gasteiger partial charge in [0.2, 0.25) is 0 Å². The molecule has 0 saturated heterocycles. The van der Waals surface area contributed by atoms with Crippen LogP contribution in [-0.2, 0) is 6.54 Å². The highest BCUT2D eigenvalue weighted by Crippen LogP contribution is 2.18. The number of nitrogens with zero attached hydrogens (tertiary/aromatic N) is 4. The summed E-state index contributed by atoms with van der Waals surface area (Å²) in [6.07, 6.45) is 1.52. The van der Waals surface area contributed by atoms with Gasteiger partial charge >= 0.3 is 5.82 Å². The van der Waals surface area contributed by atoms with Gasteiger partial charge in [-0.15, -0.1) is 0 Å². The Balaban J connectivity index is 2.24. The zero-order valence-electron chi connectivity index (χ0n) is 9.50. The molecule has 0 fully saturated rings. The number of halogens is 1. The minimum Gasteiger partial charge on any atom is -0.373 e. The van der Waals surface area contributed by atoms with Gasteiger partial charge in [0.05, 0.1) is 28.1 Å². The number of aromatic nitrogens is 3. The fraction of sp³-hybridized carbons (Fsp3) is 0.200. The number of hydrogen-bond acceptors (Lipinski definition) is 5. The lowest BCUT2D eigenvalue weighted by atomic mass is 10.3. The first-order chi connectivity index (χ1) is 8.60. The van der Waals surface area contributed by atoms with E-state index in [9.17, 15) is 10.1 Å². The van der Waals surface area contributed by atoms with E-state index in [2.05, 4.69) is 15.4 Å². The number of pyridine rings is 1. The molecule has 2 heterocycles. The van der Waals surface area contributed by atoms with Crippen LogP contribution in [0.4, 0.5) is 11.6 Å². The first-order valence-electron chi connectivity index (χ1n) is 5.11. The molecule has 0 spiro atoms. The van der Waals surface area contributed by atoms with E-state index in [4.69, 9.17) is 11.6 Å². The van der Waals surface area contributed by atoms with Crippen LogP contribution in [0.1, 0.15) is 5.69 Å². The SMILES string of the molecule is CNc1ccc(Cl)c(Cn2ccc([N+](=O)[O-])n2)n1. The van der Waals surface area contributed by atoms with E-state index in [1.54, 1.807) is 19.2 Å². The van der Waals surface area contributed by atoms with E-state index in [1.165, 1.54) is 16.9 Å². The molecule has 0 atom stereocenters. The minimum atomic E-state index is -0.546. The Morgan fingerprint density at radius 2 is 2.28 bits per heavy atom. The van der Waals surface area contributed by atoms with Crippen LogP contribution in [0.3, 0.4) is 0 Å². The second kappa shape index (κ2) is 5.01. The van der Waals surface area contributed by atoms with Crippen LogP contribution in [0.25, 0.3) is 0 Å². The van der Waals surface area contributed by atoms with Crippen LogP contribution >= 0.6 is 11.6 Å². The third-order valence-electron chi connectivity index (χ3n) is 2.30. The van der Waals surface area contributed by atoms with Gasteiger partial charge in [-0.05, 0) is 17.1 Å². The number of anilines is 1. The van der Waals surface area contributed by atoms with Crippen LogP contribution in [0.2, 0.25) is 5.02 Å². The number of hydrogen-bond donors (Lipinski definition) is 1. The van der Waals surface area contributed by atoms with Gasteiger partial charge in [0.25, 0.3) is 0 Å². The molecular formula is C10H10ClN5O2. The molecule has 2 rings (SSSR count). The van der Waals surface area contributed by atoms with Gasteiger partial charge in [-0.1, -0.05) is 11.6 Å². The molecule has 2 aromatic heterocycles. The lowest BCUT2D eigenvalue weighted by Crippen LogP contribution is -2.05. The predicted molar refractivity (Wildman–Crippen MR) is 66.8 cm³/mol. The topological polar surface area (TPSA) is 85.9 Å². The maximum absolute atomic E-state index is 10.5. The van der Waals surface area contributed by atoms with Crippen LogP contribution < -0.4 is 5.32 Å². The van der Waals surface area contributed by atoms with E-state index in [0.717, 1.165) is 0 Å². The molecule has 0 aromatic carbocycles. The third kappa shape index (κ3) is 2.57. The summed E-state index contributed by atoms with van der Waals surface area (Å²) in [6.45, 7) is 0.280. The Hall–Kier alpha value is -2.15. The molecule has 18 heavy (non-hydrogen) atoms. The monoisotopic (exact) mass is 267 g/mol. The van der Waals surface area contributed by atoms with Gasteiger partial charge in [-0.2, -0.15) is 4.68 Å². The second-order valence-electron chi connectivity index (χ2n) is 3.50. The molecular weight excluding hydrogens is 258 g/mol. The van der Waals surface area contributed by atoms with E-state index in [0.29, 0.717) is 16.5 Å². The van der Waals surface area contributed by atoms with Gasteiger partial charge in [-0.25, -0.2) is 4.98 Å². The lowest BCUT2D eigenvalue weighted by Gasteiger charge is -2.04. The summed E-state index contributed by atoms with van der Waals surface area (Å²) in [6, 6.07) is 4.79. The fourth-order valence-corrected chi connectivity index (χ4v) is 1.59. The molecule has 7 nitrogen and oxygen atoms in total. The zero-order chi connectivity index (χ0) is 13.1. The molecule has 0 amide bonds. The van der Waals surface area contributed by atoms with Crippen molar-refractivity contribution < 1.29 is 4.92 Å². The van der Waals surface area contributed by atoms with Crippen molar-refractivity contribution in [1.82, 2.24) is 14.8 Å². The summed E-state index contributed by atoms with van der Waals surface area (Å²) >= 11 is 6.01. The van der Waals surface area contributed by atoms with E-state index >= 15 is 0 Å². The molecule has 8 heteroatoms. The van der Waals surface area contributed by atoms with Crippen LogP contribution in [0.5, 0.6) is 0 Å². The lowest BCUT2D eigenvalue weighted by molar-refractivity contribution is -0.389. The zero-order valence-corrected chi connectivity index (χ0v) is 10.3. The first-order valence-corrected chi connectivity index (χ1v) is 5.49. The second-order valence-corrected chi connectivity index (χ2v) is 3.91. The van der Waals surface area contributed by atoms with Crippen molar-refractivity contribution in [2.24, 2.45) is 0 Å². The van der Waals surface area contributed by atoms with E-state index < -0.39 is 4.92 Å². The highest BCUT2D eigenvalue weighted by molar-refractivity contribution is 6.31. The molecule has 0 radical (unpaired) electrons. The Morgan fingerprint density at radius 1 is 1.50 bits per heavy atom. The number of nitro groups is 1. The summed E-state index contributed by atoms with van der Waals surface area (Å²) in [7, 11) is 1.75. The van der Waals surface area contributed by atoms with Crippen LogP contribution in [-0.4, -0.2) is 26.7 Å². The van der Waals surface area contributed by atoms with Crippen molar-refractivity contribution >= 4 is 23.2 Å². The van der Waals surface area contributed by atoms with Crippen molar-refractivity contribution in [1.29, 1.82) is 0 Å². The quantitative estimate of drug-likeness (QED) is 0.676. The first kappa shape index (κ1) is 12.3. The van der Waals surface area contributed by atoms with Crippen molar-refractivity contribution in [3.63, 3.8) is 0 Å². The maximum atomic E-state index is 10.5. The Morgan fingerprint density at radius 3 is 2.89 bits per heavy atom. The van der Waals surface area contributed by atoms with Crippen molar-refractivity contribution in [3.05, 3.63) is 45.2 Å². The highest BCUT2D eigenvalue weighted by Gasteiger charge is 2.13. The molecule has 0 aliphatic heterocycles. The average Bonchev–Trinajstić information content (AvgIpc) is 2.81. The molecule has 0 saturated carbocycles. The molecule has 0 aliphatic carbocycles. The van der Waals surface area contributed by atoms with Gasteiger partial charge in [-0.3, -0.25) is 0 Å². The highest BCUT2D eigenvalue weighted by atomic mass is 35.5. The Bertz CT molecular complexity index is 583. The molecule has 0 unspecified atom stereocenters. The van der Waals surface area contributed by atoms with Crippen molar-refractivity contribution in [2.45, 2.75) is 6.54 Å². The summed E-state index contributed by atoms with van der Waals surface area (Å²) < 4.78 is 1.42. The molecule has 94 valence electrons. The van der Waals surface area contributed by atoms with E-state index in [-0.39, 0.29) is 12.4 Å². The average molecular weight is 268 g/mol. The molecule has 2 aromatic rings. The summed E-state index contributed by atoms with van der Waals surface area (Å²) in [5.74, 6) is 0.479.